The van der Waals surface area contributed by atoms with Gasteiger partial charge < -0.3 is 10.1 Å². The summed E-state index contributed by atoms with van der Waals surface area (Å²) in [6.07, 6.45) is 8.36. The van der Waals surface area contributed by atoms with Gasteiger partial charge in [0.05, 0.1) is 6.04 Å². The molecule has 7 nitrogen and oxygen atoms in total. The van der Waals surface area contributed by atoms with Crippen LogP contribution in [0.25, 0.3) is 5.57 Å². The van der Waals surface area contributed by atoms with Crippen molar-refractivity contribution in [2.45, 2.75) is 51.3 Å². The summed E-state index contributed by atoms with van der Waals surface area (Å²) in [5, 5.41) is 5.52. The fraction of sp³-hybridized carbons (Fsp3) is 0.348. The number of benzene rings is 1. The minimum atomic E-state index is -0.549. The molecule has 2 N–H and O–H groups in total. The summed E-state index contributed by atoms with van der Waals surface area (Å²) in [4.78, 5) is 37.4. The number of nitrogens with one attached hydrogen (secondary N) is 2. The number of ether oxygens (including phenoxy) is 1. The Morgan fingerprint density at radius 3 is 2.57 bits per heavy atom. The van der Waals surface area contributed by atoms with Gasteiger partial charge in [-0.25, -0.2) is 4.79 Å². The van der Waals surface area contributed by atoms with E-state index in [1.165, 1.54) is 0 Å². The number of anilines is 1. The van der Waals surface area contributed by atoms with Crippen molar-refractivity contribution in [3.63, 3.8) is 0 Å². The molecule has 3 amide bonds. The van der Waals surface area contributed by atoms with Gasteiger partial charge in [0.15, 0.2) is 0 Å². The van der Waals surface area contributed by atoms with Gasteiger partial charge in [0.1, 0.15) is 11.6 Å². The number of carbonyl (C=O) groups excluding carboxylic acids is 3. The van der Waals surface area contributed by atoms with Crippen molar-refractivity contribution in [3.05, 3.63) is 59.8 Å². The van der Waals surface area contributed by atoms with E-state index in [4.69, 9.17) is 4.74 Å². The van der Waals surface area contributed by atoms with Crippen LogP contribution in [0.2, 0.25) is 0 Å². The lowest BCUT2D eigenvalue weighted by Gasteiger charge is -2.30. The molecule has 2 atom stereocenters. The second kappa shape index (κ2) is 7.48. The Morgan fingerprint density at radius 2 is 1.93 bits per heavy atom. The van der Waals surface area contributed by atoms with E-state index in [2.05, 4.69) is 10.6 Å². The molecule has 0 radical (unpaired) electrons. The topological polar surface area (TPSA) is 87.7 Å². The average Bonchev–Trinajstić information content (AvgIpc) is 2.93. The fourth-order valence-corrected chi connectivity index (χ4v) is 3.68. The third-order valence-corrected chi connectivity index (χ3v) is 5.08. The SMILES string of the molecule is CC(C)(C)OC(=O)N1C2=CC(c3ccc(NC4CCC(=O)NC4=O)cc3)=CC1C=C2. The molecular weight excluding hydrogens is 382 g/mol. The van der Waals surface area contributed by atoms with Crippen molar-refractivity contribution >= 4 is 29.2 Å². The number of piperidine rings is 1. The molecule has 3 aliphatic heterocycles. The maximum absolute atomic E-state index is 12.5. The monoisotopic (exact) mass is 407 g/mol. The van der Waals surface area contributed by atoms with E-state index in [1.807, 2.05) is 69.3 Å². The number of amides is 3. The summed E-state index contributed by atoms with van der Waals surface area (Å²) in [5.41, 5.74) is 3.10. The Morgan fingerprint density at radius 1 is 1.20 bits per heavy atom. The molecule has 4 rings (SSSR count). The minimum absolute atomic E-state index is 0.170. The number of allylic oxidation sites excluding steroid dienone is 3. The highest BCUT2D eigenvalue weighted by atomic mass is 16.6. The number of rotatable bonds is 3. The summed E-state index contributed by atoms with van der Waals surface area (Å²) >= 11 is 0. The Kier molecular flexibility index (Phi) is 4.97. The molecule has 7 heteroatoms. The van der Waals surface area contributed by atoms with Gasteiger partial charge in [0.25, 0.3) is 0 Å². The summed E-state index contributed by atoms with van der Waals surface area (Å²) in [6, 6.07) is 7.18. The van der Waals surface area contributed by atoms with Crippen molar-refractivity contribution in [1.82, 2.24) is 10.2 Å². The molecule has 0 spiro atoms. The minimum Gasteiger partial charge on any atom is -0.443 e. The molecule has 3 aliphatic rings. The van der Waals surface area contributed by atoms with E-state index < -0.39 is 11.6 Å². The highest BCUT2D eigenvalue weighted by molar-refractivity contribution is 6.01. The summed E-state index contributed by atoms with van der Waals surface area (Å²) in [5.74, 6) is -0.519. The Hall–Kier alpha value is -3.35. The number of hydrogen-bond acceptors (Lipinski definition) is 5. The van der Waals surface area contributed by atoms with Gasteiger partial charge in [-0.3, -0.25) is 19.8 Å². The van der Waals surface area contributed by atoms with Crippen molar-refractivity contribution < 1.29 is 19.1 Å². The van der Waals surface area contributed by atoms with Gasteiger partial charge in [-0.15, -0.1) is 0 Å². The third-order valence-electron chi connectivity index (χ3n) is 5.08. The van der Waals surface area contributed by atoms with Gasteiger partial charge in [-0.05, 0) is 68.7 Å². The van der Waals surface area contributed by atoms with Gasteiger partial charge in [0, 0.05) is 17.8 Å². The molecule has 156 valence electrons. The molecule has 30 heavy (non-hydrogen) atoms. The van der Waals surface area contributed by atoms with E-state index in [-0.39, 0.29) is 23.9 Å². The Bertz CT molecular complexity index is 983. The number of imide groups is 1. The highest BCUT2D eigenvalue weighted by Crippen LogP contribution is 2.34. The number of hydrogen-bond donors (Lipinski definition) is 2. The molecule has 0 saturated carbocycles. The van der Waals surface area contributed by atoms with Crippen LogP contribution in [0.4, 0.5) is 10.5 Å². The zero-order valence-corrected chi connectivity index (χ0v) is 17.3. The number of carbonyl (C=O) groups is 3. The maximum atomic E-state index is 12.5. The molecule has 2 unspecified atom stereocenters. The molecule has 1 fully saturated rings. The second-order valence-corrected chi connectivity index (χ2v) is 8.62. The summed E-state index contributed by atoms with van der Waals surface area (Å²) < 4.78 is 5.52. The zero-order valence-electron chi connectivity index (χ0n) is 17.3. The van der Waals surface area contributed by atoms with Crippen LogP contribution in [-0.4, -0.2) is 40.5 Å². The smallest absolute Gasteiger partial charge is 0.415 e. The van der Waals surface area contributed by atoms with Crippen LogP contribution in [0.3, 0.4) is 0 Å². The van der Waals surface area contributed by atoms with E-state index in [1.54, 1.807) is 4.90 Å². The first-order valence-electron chi connectivity index (χ1n) is 10.0. The quantitative estimate of drug-likeness (QED) is 0.750. The van der Waals surface area contributed by atoms with Gasteiger partial charge in [0.2, 0.25) is 11.8 Å². The van der Waals surface area contributed by atoms with Crippen LogP contribution >= 0.6 is 0 Å². The largest absolute Gasteiger partial charge is 0.443 e. The van der Waals surface area contributed by atoms with Crippen molar-refractivity contribution in [2.24, 2.45) is 0 Å². The third kappa shape index (κ3) is 4.15. The van der Waals surface area contributed by atoms with Crippen LogP contribution in [0.15, 0.2) is 54.3 Å². The second-order valence-electron chi connectivity index (χ2n) is 8.62. The molecular formula is C23H25N3O4. The molecule has 1 aromatic carbocycles. The van der Waals surface area contributed by atoms with E-state index >= 15 is 0 Å². The molecule has 2 bridgehead atoms. The Balaban J connectivity index is 1.45. The average molecular weight is 407 g/mol. The molecule has 0 aliphatic carbocycles. The Labute approximate surface area is 175 Å². The van der Waals surface area contributed by atoms with Crippen LogP contribution < -0.4 is 10.6 Å². The van der Waals surface area contributed by atoms with Crippen LogP contribution in [0.1, 0.15) is 39.2 Å². The predicted octanol–water partition coefficient (Wildman–Crippen LogP) is 3.36. The van der Waals surface area contributed by atoms with Crippen LogP contribution in [-0.2, 0) is 14.3 Å². The predicted molar refractivity (Wildman–Crippen MR) is 113 cm³/mol. The fourth-order valence-electron chi connectivity index (χ4n) is 3.68. The highest BCUT2D eigenvalue weighted by Gasteiger charge is 2.34. The first kappa shape index (κ1) is 19.9. The van der Waals surface area contributed by atoms with Crippen LogP contribution in [0, 0.1) is 0 Å². The van der Waals surface area contributed by atoms with Crippen molar-refractivity contribution in [3.8, 4) is 0 Å². The summed E-state index contributed by atoms with van der Waals surface area (Å²) in [7, 11) is 0. The molecule has 0 aromatic heterocycles. The van der Waals surface area contributed by atoms with E-state index in [9.17, 15) is 14.4 Å². The first-order valence-corrected chi connectivity index (χ1v) is 10.0. The number of fused-ring (bicyclic) bond motifs is 2. The summed E-state index contributed by atoms with van der Waals surface area (Å²) in [6.45, 7) is 5.55. The normalized spacial score (nSPS) is 23.0. The van der Waals surface area contributed by atoms with E-state index in [0.717, 1.165) is 22.5 Å². The zero-order chi connectivity index (χ0) is 21.5. The van der Waals surface area contributed by atoms with Gasteiger partial charge in [-0.1, -0.05) is 18.2 Å². The molecule has 1 saturated heterocycles. The maximum Gasteiger partial charge on any atom is 0.415 e. The lowest BCUT2D eigenvalue weighted by atomic mass is 9.99. The standard InChI is InChI=1S/C23H25N3O4/c1-23(2,3)30-22(29)26-17-8-9-18(26)13-15(12-17)14-4-6-16(7-5-14)24-19-10-11-20(27)25-21(19)28/h4-9,12-13,17,19,24H,10-11H2,1-3H3,(H,25,27,28). The van der Waals surface area contributed by atoms with Crippen molar-refractivity contribution in [2.75, 3.05) is 5.32 Å². The molecule has 1 aromatic rings. The molecule has 3 heterocycles. The van der Waals surface area contributed by atoms with E-state index in [0.29, 0.717) is 12.8 Å². The lowest BCUT2D eigenvalue weighted by molar-refractivity contribution is -0.133. The number of nitrogens with zero attached hydrogens (tertiary/aromatic N) is 1. The lowest BCUT2D eigenvalue weighted by Crippen LogP contribution is -2.47. The first-order chi connectivity index (χ1) is 14.2. The van der Waals surface area contributed by atoms with Gasteiger partial charge in [-0.2, -0.15) is 0 Å². The van der Waals surface area contributed by atoms with Crippen molar-refractivity contribution in [1.29, 1.82) is 0 Å². The van der Waals surface area contributed by atoms with Crippen LogP contribution in [0.5, 0.6) is 0 Å². The van der Waals surface area contributed by atoms with Gasteiger partial charge >= 0.3 is 6.09 Å².